The summed E-state index contributed by atoms with van der Waals surface area (Å²) in [7, 11) is 0. The van der Waals surface area contributed by atoms with Gasteiger partial charge in [0.05, 0.1) is 22.9 Å². The molecule has 1 aliphatic carbocycles. The Bertz CT molecular complexity index is 1610. The van der Waals surface area contributed by atoms with Crippen molar-refractivity contribution < 1.29 is 27.8 Å². The highest BCUT2D eigenvalue weighted by Crippen LogP contribution is 2.49. The van der Waals surface area contributed by atoms with Crippen LogP contribution in [0.1, 0.15) is 61.3 Å². The summed E-state index contributed by atoms with van der Waals surface area (Å²) in [4.78, 5) is 16.4. The van der Waals surface area contributed by atoms with Gasteiger partial charge in [-0.05, 0) is 107 Å². The number of anilines is 1. The number of alkyl halides is 3. The first-order valence-electron chi connectivity index (χ1n) is 14.0. The van der Waals surface area contributed by atoms with E-state index in [1.165, 1.54) is 18.9 Å². The van der Waals surface area contributed by atoms with Crippen molar-refractivity contribution in [1.29, 1.82) is 0 Å². The third-order valence-corrected chi connectivity index (χ3v) is 8.21. The molecule has 3 heterocycles. The lowest BCUT2D eigenvalue weighted by molar-refractivity contribution is -0.141. The lowest BCUT2D eigenvalue weighted by atomic mass is 9.62. The van der Waals surface area contributed by atoms with Crippen LogP contribution in [-0.2, 0) is 11.8 Å². The third-order valence-electron chi connectivity index (χ3n) is 8.21. The van der Waals surface area contributed by atoms with Crippen LogP contribution in [0.15, 0.2) is 60.8 Å². The Morgan fingerprint density at radius 1 is 1.10 bits per heavy atom. The highest BCUT2D eigenvalue weighted by molar-refractivity contribution is 6.04. The average molecular weight is 580 g/mol. The van der Waals surface area contributed by atoms with Crippen LogP contribution in [0.3, 0.4) is 0 Å². The maximum atomic E-state index is 13.1. The number of benzene rings is 2. The van der Waals surface area contributed by atoms with Crippen LogP contribution in [0.25, 0.3) is 16.6 Å². The molecule has 0 bridgehead atoms. The summed E-state index contributed by atoms with van der Waals surface area (Å²) >= 11 is 0. The van der Waals surface area contributed by atoms with Crippen LogP contribution < -0.4 is 15.4 Å². The molecule has 4 aromatic rings. The van der Waals surface area contributed by atoms with Gasteiger partial charge in [-0.1, -0.05) is 6.07 Å². The summed E-state index contributed by atoms with van der Waals surface area (Å²) < 4.78 is 47.2. The van der Waals surface area contributed by atoms with Gasteiger partial charge in [-0.2, -0.15) is 18.3 Å². The Hall–Kier alpha value is -3.96. The van der Waals surface area contributed by atoms with Gasteiger partial charge < -0.3 is 20.5 Å². The lowest BCUT2D eigenvalue weighted by Gasteiger charge is -2.49. The standard InChI is InChI=1S/C31H32F3N5O3/c1-29(2,41)23-15-25-19(14-26(23)37-28(40)24-4-3-5-27(36-24)31(32,33)34)18-39(38-25)20-6-8-21(9-7-20)42-22-16-30(17-22)10-12-35-13-11-30/h3-9,14-15,18,22,35,41H,10-13,16-17H2,1-2H3,(H,37,40). The van der Waals surface area contributed by atoms with Crippen LogP contribution >= 0.6 is 0 Å². The highest BCUT2D eigenvalue weighted by atomic mass is 19.4. The molecule has 1 saturated carbocycles. The second-order valence-corrected chi connectivity index (χ2v) is 11.8. The average Bonchev–Trinajstić information content (AvgIpc) is 3.35. The zero-order chi connectivity index (χ0) is 29.7. The van der Waals surface area contributed by atoms with Crippen LogP contribution in [0.2, 0.25) is 0 Å². The van der Waals surface area contributed by atoms with Gasteiger partial charge in [0.15, 0.2) is 0 Å². The number of rotatable bonds is 6. The van der Waals surface area contributed by atoms with Crippen molar-refractivity contribution >= 4 is 22.5 Å². The Kier molecular flexibility index (Phi) is 6.97. The molecule has 11 heteroatoms. The van der Waals surface area contributed by atoms with Gasteiger partial charge in [0.25, 0.3) is 5.91 Å². The van der Waals surface area contributed by atoms with Crippen LogP contribution in [0, 0.1) is 5.41 Å². The second kappa shape index (κ2) is 10.4. The summed E-state index contributed by atoms with van der Waals surface area (Å²) in [5.41, 5.74) is -0.521. The highest BCUT2D eigenvalue weighted by Gasteiger charge is 2.45. The van der Waals surface area contributed by atoms with Gasteiger partial charge in [0, 0.05) is 22.8 Å². The van der Waals surface area contributed by atoms with Crippen LogP contribution in [0.5, 0.6) is 5.75 Å². The number of ether oxygens (including phenoxy) is 1. The van der Waals surface area contributed by atoms with Crippen molar-refractivity contribution in [2.45, 2.75) is 57.4 Å². The van der Waals surface area contributed by atoms with E-state index in [1.807, 2.05) is 24.3 Å². The van der Waals surface area contributed by atoms with Crippen molar-refractivity contribution in [3.05, 3.63) is 77.7 Å². The minimum atomic E-state index is -4.68. The molecule has 1 aliphatic heterocycles. The Morgan fingerprint density at radius 2 is 1.81 bits per heavy atom. The molecule has 0 unspecified atom stereocenters. The first-order valence-corrected chi connectivity index (χ1v) is 14.0. The second-order valence-electron chi connectivity index (χ2n) is 11.8. The quantitative estimate of drug-likeness (QED) is 0.266. The summed E-state index contributed by atoms with van der Waals surface area (Å²) in [5, 5.41) is 22.2. The number of nitrogens with zero attached hydrogens (tertiary/aromatic N) is 3. The summed E-state index contributed by atoms with van der Waals surface area (Å²) in [5.74, 6) is -0.0202. The minimum absolute atomic E-state index is 0.237. The Morgan fingerprint density at radius 3 is 2.48 bits per heavy atom. The molecule has 0 atom stereocenters. The normalized spacial score (nSPS) is 17.3. The number of aromatic nitrogens is 3. The van der Waals surface area contributed by atoms with Gasteiger partial charge in [-0.25, -0.2) is 9.67 Å². The maximum absolute atomic E-state index is 13.1. The molecule has 2 fully saturated rings. The van der Waals surface area contributed by atoms with Gasteiger partial charge in [0.1, 0.15) is 17.1 Å². The predicted molar refractivity (Wildman–Crippen MR) is 152 cm³/mol. The Labute approximate surface area is 240 Å². The number of carbonyl (C=O) groups excluding carboxylic acids is 1. The van der Waals surface area contributed by atoms with E-state index in [1.54, 1.807) is 36.9 Å². The number of halogens is 3. The molecule has 220 valence electrons. The van der Waals surface area contributed by atoms with Gasteiger partial charge in [-0.15, -0.1) is 0 Å². The van der Waals surface area contributed by atoms with Crippen molar-refractivity contribution in [2.75, 3.05) is 18.4 Å². The minimum Gasteiger partial charge on any atom is -0.490 e. The largest absolute Gasteiger partial charge is 0.490 e. The van der Waals surface area contributed by atoms with Crippen LogP contribution in [-0.4, -0.2) is 45.0 Å². The monoisotopic (exact) mass is 579 g/mol. The summed E-state index contributed by atoms with van der Waals surface area (Å²) in [6, 6.07) is 14.1. The maximum Gasteiger partial charge on any atom is 0.433 e. The molecule has 2 aromatic heterocycles. The number of nitrogens with one attached hydrogen (secondary N) is 2. The van der Waals surface area contributed by atoms with Crippen molar-refractivity contribution in [2.24, 2.45) is 5.41 Å². The summed E-state index contributed by atoms with van der Waals surface area (Å²) in [6.07, 6.45) is 1.94. The van der Waals surface area contributed by atoms with Crippen molar-refractivity contribution in [1.82, 2.24) is 20.1 Å². The van der Waals surface area contributed by atoms with E-state index in [4.69, 9.17) is 4.74 Å². The Balaban J connectivity index is 1.21. The molecule has 2 aliphatic rings. The fourth-order valence-electron chi connectivity index (χ4n) is 5.94. The third kappa shape index (κ3) is 5.71. The van der Waals surface area contributed by atoms with Crippen LogP contribution in [0.4, 0.5) is 18.9 Å². The SMILES string of the molecule is CC(C)(O)c1cc2nn(-c3ccc(OC4CC5(CCNCC5)C4)cc3)cc2cc1NC(=O)c1cccc(C(F)(F)F)n1. The molecule has 42 heavy (non-hydrogen) atoms. The molecule has 6 rings (SSSR count). The van der Waals surface area contributed by atoms with E-state index in [2.05, 4.69) is 20.7 Å². The predicted octanol–water partition coefficient (Wildman–Crippen LogP) is 5.83. The number of pyridine rings is 1. The smallest absolute Gasteiger partial charge is 0.433 e. The van der Waals surface area contributed by atoms with E-state index in [0.29, 0.717) is 21.9 Å². The van der Waals surface area contributed by atoms with Crippen molar-refractivity contribution in [3.8, 4) is 11.4 Å². The molecular formula is C31H32F3N5O3. The molecule has 1 saturated heterocycles. The zero-order valence-electron chi connectivity index (χ0n) is 23.3. The number of amides is 1. The van der Waals surface area contributed by atoms with E-state index in [0.717, 1.165) is 49.5 Å². The number of carbonyl (C=O) groups is 1. The number of hydrogen-bond donors (Lipinski definition) is 3. The van der Waals surface area contributed by atoms with Crippen molar-refractivity contribution in [3.63, 3.8) is 0 Å². The number of aliphatic hydroxyl groups is 1. The van der Waals surface area contributed by atoms with E-state index in [9.17, 15) is 23.1 Å². The van der Waals surface area contributed by atoms with E-state index < -0.39 is 29.1 Å². The summed E-state index contributed by atoms with van der Waals surface area (Å²) in [6.45, 7) is 5.27. The fraction of sp³-hybridized carbons (Fsp3) is 0.387. The van der Waals surface area contributed by atoms with E-state index in [-0.39, 0.29) is 11.8 Å². The zero-order valence-corrected chi connectivity index (χ0v) is 23.3. The number of fused-ring (bicyclic) bond motifs is 1. The molecule has 1 spiro atoms. The first-order chi connectivity index (χ1) is 19.9. The molecule has 0 radical (unpaired) electrons. The molecule has 1 amide bonds. The van der Waals surface area contributed by atoms with Gasteiger partial charge in [0.2, 0.25) is 0 Å². The van der Waals surface area contributed by atoms with E-state index >= 15 is 0 Å². The fourth-order valence-corrected chi connectivity index (χ4v) is 5.94. The lowest BCUT2D eigenvalue weighted by Crippen LogP contribution is -2.49. The topological polar surface area (TPSA) is 101 Å². The molecule has 8 nitrogen and oxygen atoms in total. The van der Waals surface area contributed by atoms with Gasteiger partial charge in [-0.3, -0.25) is 4.79 Å². The number of hydrogen-bond acceptors (Lipinski definition) is 6. The first kappa shape index (κ1) is 28.2. The number of piperidine rings is 1. The van der Waals surface area contributed by atoms with Gasteiger partial charge >= 0.3 is 6.18 Å². The molecular weight excluding hydrogens is 547 g/mol. The molecule has 3 N–H and O–H groups in total. The molecule has 2 aromatic carbocycles.